The zero-order valence-electron chi connectivity index (χ0n) is 12.7. The maximum atomic E-state index is 12.8. The first-order valence-electron chi connectivity index (χ1n) is 7.65. The summed E-state index contributed by atoms with van der Waals surface area (Å²) in [7, 11) is 0. The fourth-order valence-electron chi connectivity index (χ4n) is 2.96. The van der Waals surface area contributed by atoms with Crippen molar-refractivity contribution in [2.45, 2.75) is 31.9 Å². The van der Waals surface area contributed by atoms with Gasteiger partial charge in [0.1, 0.15) is 0 Å². The summed E-state index contributed by atoms with van der Waals surface area (Å²) in [6.07, 6.45) is -3.37. The first kappa shape index (κ1) is 16.4. The standard InChI is InChI=1S/C15H16F3N5O/c16-15(17,18)11-3-1-2-10(8-11)14(24)19-12-6-4-9(5-7-12)13-20-22-23-21-13/h4-7,10-11H,1-3,8H2,(H,19,24)(H,20,21,22,23). The zero-order valence-corrected chi connectivity index (χ0v) is 12.7. The molecule has 1 aliphatic carbocycles. The van der Waals surface area contributed by atoms with Crippen molar-refractivity contribution in [3.05, 3.63) is 24.3 Å². The molecular formula is C15H16F3N5O. The molecule has 128 valence electrons. The molecule has 1 aromatic carbocycles. The molecule has 1 heterocycles. The Morgan fingerprint density at radius 3 is 2.58 bits per heavy atom. The van der Waals surface area contributed by atoms with Crippen LogP contribution < -0.4 is 5.32 Å². The third-order valence-electron chi connectivity index (χ3n) is 4.26. The molecule has 2 atom stereocenters. The summed E-state index contributed by atoms with van der Waals surface area (Å²) >= 11 is 0. The SMILES string of the molecule is O=C(Nc1ccc(-c2nn[nH]n2)cc1)C1CCCC(C(F)(F)F)C1. The number of aromatic amines is 1. The fraction of sp³-hybridized carbons (Fsp3) is 0.467. The van der Waals surface area contributed by atoms with Crippen molar-refractivity contribution < 1.29 is 18.0 Å². The number of carbonyl (C=O) groups excluding carboxylic acids is 1. The Morgan fingerprint density at radius 2 is 1.96 bits per heavy atom. The number of tetrazole rings is 1. The number of benzene rings is 1. The van der Waals surface area contributed by atoms with Crippen LogP contribution in [0.1, 0.15) is 25.7 Å². The minimum atomic E-state index is -4.23. The van der Waals surface area contributed by atoms with Crippen LogP contribution in [0.2, 0.25) is 0 Å². The average molecular weight is 339 g/mol. The Balaban J connectivity index is 1.62. The van der Waals surface area contributed by atoms with Crippen molar-refractivity contribution in [1.29, 1.82) is 0 Å². The molecule has 1 fully saturated rings. The maximum absolute atomic E-state index is 12.8. The maximum Gasteiger partial charge on any atom is 0.391 e. The van der Waals surface area contributed by atoms with Crippen LogP contribution in [0.3, 0.4) is 0 Å². The fourth-order valence-corrected chi connectivity index (χ4v) is 2.96. The molecule has 2 N–H and O–H groups in total. The number of rotatable bonds is 3. The third-order valence-corrected chi connectivity index (χ3v) is 4.26. The number of halogens is 3. The smallest absolute Gasteiger partial charge is 0.326 e. The van der Waals surface area contributed by atoms with Gasteiger partial charge in [0, 0.05) is 17.2 Å². The van der Waals surface area contributed by atoms with Gasteiger partial charge in [0.15, 0.2) is 0 Å². The van der Waals surface area contributed by atoms with E-state index >= 15 is 0 Å². The van der Waals surface area contributed by atoms with Crippen molar-refractivity contribution >= 4 is 11.6 Å². The lowest BCUT2D eigenvalue weighted by Gasteiger charge is -2.29. The van der Waals surface area contributed by atoms with Crippen LogP contribution in [0.5, 0.6) is 0 Å². The van der Waals surface area contributed by atoms with Gasteiger partial charge >= 0.3 is 6.18 Å². The predicted molar refractivity (Wildman–Crippen MR) is 79.7 cm³/mol. The first-order chi connectivity index (χ1) is 11.4. The normalized spacial score (nSPS) is 21.5. The Kier molecular flexibility index (Phi) is 4.50. The van der Waals surface area contributed by atoms with Gasteiger partial charge in [-0.1, -0.05) is 6.42 Å². The number of amides is 1. The highest BCUT2D eigenvalue weighted by atomic mass is 19.4. The van der Waals surface area contributed by atoms with E-state index in [4.69, 9.17) is 0 Å². The predicted octanol–water partition coefficient (Wildman–Crippen LogP) is 3.17. The summed E-state index contributed by atoms with van der Waals surface area (Å²) in [6.45, 7) is 0. The number of hydrogen-bond donors (Lipinski definition) is 2. The molecule has 0 aliphatic heterocycles. The van der Waals surface area contributed by atoms with Crippen molar-refractivity contribution in [3.8, 4) is 11.4 Å². The van der Waals surface area contributed by atoms with E-state index in [2.05, 4.69) is 25.9 Å². The highest BCUT2D eigenvalue weighted by Gasteiger charge is 2.43. The Morgan fingerprint density at radius 1 is 1.21 bits per heavy atom. The molecule has 2 aromatic rings. The minimum Gasteiger partial charge on any atom is -0.326 e. The highest BCUT2D eigenvalue weighted by molar-refractivity contribution is 5.92. The zero-order chi connectivity index (χ0) is 17.2. The molecular weight excluding hydrogens is 323 g/mol. The van der Waals surface area contributed by atoms with Crippen LogP contribution in [0.4, 0.5) is 18.9 Å². The third kappa shape index (κ3) is 3.72. The summed E-state index contributed by atoms with van der Waals surface area (Å²) < 4.78 is 38.5. The topological polar surface area (TPSA) is 83.6 Å². The average Bonchev–Trinajstić information content (AvgIpc) is 3.09. The molecule has 0 bridgehead atoms. The van der Waals surface area contributed by atoms with Gasteiger partial charge in [0.25, 0.3) is 0 Å². The number of nitrogens with zero attached hydrogens (tertiary/aromatic N) is 3. The van der Waals surface area contributed by atoms with E-state index in [1.54, 1.807) is 24.3 Å². The van der Waals surface area contributed by atoms with Crippen molar-refractivity contribution in [3.63, 3.8) is 0 Å². The number of H-pyrrole nitrogens is 1. The van der Waals surface area contributed by atoms with Crippen molar-refractivity contribution in [1.82, 2.24) is 20.6 Å². The van der Waals surface area contributed by atoms with Crippen LogP contribution >= 0.6 is 0 Å². The molecule has 0 radical (unpaired) electrons. The molecule has 0 spiro atoms. The molecule has 3 rings (SSSR count). The number of alkyl halides is 3. The Bertz CT molecular complexity index is 684. The number of nitrogens with one attached hydrogen (secondary N) is 2. The van der Waals surface area contributed by atoms with E-state index in [1.165, 1.54) is 0 Å². The van der Waals surface area contributed by atoms with Crippen LogP contribution in [0.25, 0.3) is 11.4 Å². The second-order valence-corrected chi connectivity index (χ2v) is 5.90. The van der Waals surface area contributed by atoms with E-state index in [0.717, 1.165) is 5.56 Å². The molecule has 9 heteroatoms. The second kappa shape index (κ2) is 6.58. The van der Waals surface area contributed by atoms with E-state index < -0.39 is 18.0 Å². The summed E-state index contributed by atoms with van der Waals surface area (Å²) in [5.41, 5.74) is 1.25. The lowest BCUT2D eigenvalue weighted by molar-refractivity contribution is -0.185. The number of hydrogen-bond acceptors (Lipinski definition) is 4. The van der Waals surface area contributed by atoms with Crippen LogP contribution in [-0.4, -0.2) is 32.7 Å². The van der Waals surface area contributed by atoms with Gasteiger partial charge in [-0.3, -0.25) is 4.79 Å². The van der Waals surface area contributed by atoms with Crippen LogP contribution in [0, 0.1) is 11.8 Å². The largest absolute Gasteiger partial charge is 0.391 e. The number of anilines is 1. The first-order valence-corrected chi connectivity index (χ1v) is 7.65. The van der Waals surface area contributed by atoms with Crippen LogP contribution in [-0.2, 0) is 4.79 Å². The van der Waals surface area contributed by atoms with Gasteiger partial charge < -0.3 is 5.32 Å². The van der Waals surface area contributed by atoms with Gasteiger partial charge in [-0.15, -0.1) is 10.2 Å². The van der Waals surface area contributed by atoms with Gasteiger partial charge in [0.2, 0.25) is 11.7 Å². The quantitative estimate of drug-likeness (QED) is 0.900. The minimum absolute atomic E-state index is 0.104. The molecule has 2 unspecified atom stereocenters. The lowest BCUT2D eigenvalue weighted by Crippen LogP contribution is -2.34. The van der Waals surface area contributed by atoms with Crippen molar-refractivity contribution in [2.24, 2.45) is 11.8 Å². The number of carbonyl (C=O) groups is 1. The molecule has 1 amide bonds. The van der Waals surface area contributed by atoms with E-state index in [0.29, 0.717) is 24.4 Å². The van der Waals surface area contributed by atoms with Gasteiger partial charge in [-0.25, -0.2) is 0 Å². The molecule has 24 heavy (non-hydrogen) atoms. The molecule has 0 saturated heterocycles. The summed E-state index contributed by atoms with van der Waals surface area (Å²) in [6, 6.07) is 6.74. The van der Waals surface area contributed by atoms with E-state index in [9.17, 15) is 18.0 Å². The highest BCUT2D eigenvalue weighted by Crippen LogP contribution is 2.40. The van der Waals surface area contributed by atoms with Crippen LogP contribution in [0.15, 0.2) is 24.3 Å². The lowest BCUT2D eigenvalue weighted by atomic mass is 9.80. The summed E-state index contributed by atoms with van der Waals surface area (Å²) in [5.74, 6) is -1.94. The summed E-state index contributed by atoms with van der Waals surface area (Å²) in [4.78, 5) is 12.2. The molecule has 1 saturated carbocycles. The van der Waals surface area contributed by atoms with Gasteiger partial charge in [-0.05, 0) is 48.7 Å². The Hall–Kier alpha value is -2.45. The second-order valence-electron chi connectivity index (χ2n) is 5.90. The van der Waals surface area contributed by atoms with E-state index in [-0.39, 0.29) is 18.7 Å². The monoisotopic (exact) mass is 339 g/mol. The van der Waals surface area contributed by atoms with Gasteiger partial charge in [-0.2, -0.15) is 18.4 Å². The molecule has 1 aromatic heterocycles. The molecule has 1 aliphatic rings. The van der Waals surface area contributed by atoms with E-state index in [1.807, 2.05) is 0 Å². The Labute approximate surface area is 135 Å². The number of aromatic nitrogens is 4. The summed E-state index contributed by atoms with van der Waals surface area (Å²) in [5, 5.41) is 16.2. The molecule has 6 nitrogen and oxygen atoms in total. The van der Waals surface area contributed by atoms with Gasteiger partial charge in [0.05, 0.1) is 5.92 Å². The van der Waals surface area contributed by atoms with Crippen molar-refractivity contribution in [2.75, 3.05) is 5.32 Å².